The Balaban J connectivity index is 1.04. The molecule has 0 spiro atoms. The molecule has 2 fully saturated rings. The van der Waals surface area contributed by atoms with Gasteiger partial charge in [0.1, 0.15) is 18.0 Å². The summed E-state index contributed by atoms with van der Waals surface area (Å²) in [5.74, 6) is 1.80. The van der Waals surface area contributed by atoms with Crippen LogP contribution in [0.2, 0.25) is 0 Å². The molecular formula is C31H33N9O2. The lowest BCUT2D eigenvalue weighted by Gasteiger charge is -2.36. The number of anilines is 3. The number of rotatable bonds is 7. The topological polar surface area (TPSA) is 105 Å². The minimum Gasteiger partial charge on any atom is -0.378 e. The van der Waals surface area contributed by atoms with Crippen LogP contribution in [-0.4, -0.2) is 99.5 Å². The zero-order valence-electron chi connectivity index (χ0n) is 23.4. The van der Waals surface area contributed by atoms with Crippen LogP contribution in [0.3, 0.4) is 0 Å². The molecule has 2 aliphatic heterocycles. The van der Waals surface area contributed by atoms with Crippen molar-refractivity contribution >= 4 is 45.0 Å². The minimum atomic E-state index is 0.185. The van der Waals surface area contributed by atoms with E-state index in [4.69, 9.17) is 9.72 Å². The van der Waals surface area contributed by atoms with Gasteiger partial charge in [0.15, 0.2) is 0 Å². The number of nitrogens with one attached hydrogen (secondary N) is 1. The van der Waals surface area contributed by atoms with Crippen LogP contribution in [0.15, 0.2) is 73.3 Å². The molecule has 2 saturated heterocycles. The van der Waals surface area contributed by atoms with Crippen molar-refractivity contribution in [3.05, 3.63) is 78.9 Å². The van der Waals surface area contributed by atoms with Crippen molar-refractivity contribution in [2.45, 2.75) is 6.54 Å². The van der Waals surface area contributed by atoms with Gasteiger partial charge in [-0.1, -0.05) is 30.3 Å². The van der Waals surface area contributed by atoms with Crippen molar-refractivity contribution in [1.82, 2.24) is 34.5 Å². The molecule has 0 atom stereocenters. The van der Waals surface area contributed by atoms with Crippen molar-refractivity contribution in [2.75, 3.05) is 69.2 Å². The summed E-state index contributed by atoms with van der Waals surface area (Å²) >= 11 is 0. The van der Waals surface area contributed by atoms with Crippen LogP contribution in [0.4, 0.5) is 17.3 Å². The smallest absolute Gasteiger partial charge is 0.236 e. The Morgan fingerprint density at radius 1 is 0.881 bits per heavy atom. The Morgan fingerprint density at radius 2 is 1.71 bits per heavy atom. The van der Waals surface area contributed by atoms with Crippen LogP contribution in [-0.2, 0) is 16.1 Å². The van der Waals surface area contributed by atoms with E-state index in [0.29, 0.717) is 32.8 Å². The number of ether oxygens (including phenoxy) is 1. The first-order valence-electron chi connectivity index (χ1n) is 14.4. The summed E-state index contributed by atoms with van der Waals surface area (Å²) in [7, 11) is 0. The fraction of sp³-hybridized carbons (Fsp3) is 0.323. The van der Waals surface area contributed by atoms with E-state index in [1.54, 1.807) is 6.33 Å². The first-order chi connectivity index (χ1) is 20.7. The van der Waals surface area contributed by atoms with Gasteiger partial charge in [0, 0.05) is 55.7 Å². The molecule has 0 radical (unpaired) electrons. The van der Waals surface area contributed by atoms with Crippen molar-refractivity contribution in [2.24, 2.45) is 0 Å². The first-order valence-corrected chi connectivity index (χ1v) is 14.4. The number of benzene rings is 2. The molecule has 5 heterocycles. The van der Waals surface area contributed by atoms with Crippen LogP contribution >= 0.6 is 0 Å². The van der Waals surface area contributed by atoms with Crippen LogP contribution in [0.5, 0.6) is 0 Å². The maximum atomic E-state index is 12.7. The second-order valence-corrected chi connectivity index (χ2v) is 10.7. The summed E-state index contributed by atoms with van der Waals surface area (Å²) in [4.78, 5) is 32.8. The highest BCUT2D eigenvalue weighted by Crippen LogP contribution is 2.28. The fourth-order valence-electron chi connectivity index (χ4n) is 5.64. The quantitative estimate of drug-likeness (QED) is 0.320. The van der Waals surface area contributed by atoms with E-state index in [1.165, 1.54) is 5.56 Å². The monoisotopic (exact) mass is 563 g/mol. The molecule has 7 rings (SSSR count). The van der Waals surface area contributed by atoms with Crippen molar-refractivity contribution in [3.63, 3.8) is 0 Å². The van der Waals surface area contributed by atoms with E-state index in [-0.39, 0.29) is 5.91 Å². The largest absolute Gasteiger partial charge is 0.378 e. The Bertz CT molecular complexity index is 1690. The van der Waals surface area contributed by atoms with Crippen LogP contribution in [0.1, 0.15) is 5.56 Å². The van der Waals surface area contributed by atoms with Gasteiger partial charge in [0.25, 0.3) is 0 Å². The molecule has 42 heavy (non-hydrogen) atoms. The average Bonchev–Trinajstić information content (AvgIpc) is 3.44. The molecule has 1 amide bonds. The van der Waals surface area contributed by atoms with E-state index in [2.05, 4.69) is 66.6 Å². The molecule has 0 aliphatic carbocycles. The number of amides is 1. The number of hydrogen-bond donors (Lipinski definition) is 1. The highest BCUT2D eigenvalue weighted by molar-refractivity contribution is 5.93. The fourth-order valence-corrected chi connectivity index (χ4v) is 5.64. The van der Waals surface area contributed by atoms with Gasteiger partial charge in [-0.05, 0) is 29.8 Å². The first kappa shape index (κ1) is 26.3. The van der Waals surface area contributed by atoms with Gasteiger partial charge in [0.2, 0.25) is 5.91 Å². The lowest BCUT2D eigenvalue weighted by molar-refractivity contribution is -0.136. The minimum absolute atomic E-state index is 0.185. The Labute approximate surface area is 243 Å². The molecule has 0 unspecified atom stereocenters. The number of morpholine rings is 1. The number of carbonyl (C=O) groups is 1. The Morgan fingerprint density at radius 3 is 2.55 bits per heavy atom. The molecule has 2 aliphatic rings. The summed E-state index contributed by atoms with van der Waals surface area (Å²) < 4.78 is 7.39. The summed E-state index contributed by atoms with van der Waals surface area (Å²) in [5.41, 5.74) is 4.00. The predicted molar refractivity (Wildman–Crippen MR) is 162 cm³/mol. The van der Waals surface area contributed by atoms with Crippen molar-refractivity contribution < 1.29 is 9.53 Å². The second kappa shape index (κ2) is 11.7. The molecule has 214 valence electrons. The van der Waals surface area contributed by atoms with Gasteiger partial charge < -0.3 is 19.9 Å². The SMILES string of the molecule is O=C(CN1CCN(c2cc3c(Nc4ccc5c(cnn5Cc5ccccc5)c4)ncnc3cn2)CC1)N1CCOCC1. The van der Waals surface area contributed by atoms with Gasteiger partial charge in [-0.3, -0.25) is 14.4 Å². The van der Waals surface area contributed by atoms with E-state index in [1.807, 2.05) is 40.2 Å². The van der Waals surface area contributed by atoms with Gasteiger partial charge in [-0.25, -0.2) is 15.0 Å². The number of hydrogen-bond acceptors (Lipinski definition) is 9. The van der Waals surface area contributed by atoms with Crippen molar-refractivity contribution in [3.8, 4) is 0 Å². The number of pyridine rings is 1. The average molecular weight is 564 g/mol. The highest BCUT2D eigenvalue weighted by atomic mass is 16.5. The van der Waals surface area contributed by atoms with Crippen molar-refractivity contribution in [1.29, 1.82) is 0 Å². The number of aromatic nitrogens is 5. The summed E-state index contributed by atoms with van der Waals surface area (Å²) in [6.45, 7) is 7.02. The number of nitrogens with zero attached hydrogens (tertiary/aromatic N) is 8. The summed E-state index contributed by atoms with van der Waals surface area (Å²) in [6, 6.07) is 18.6. The Hall–Kier alpha value is -4.61. The van der Waals surface area contributed by atoms with Crippen LogP contribution in [0.25, 0.3) is 21.8 Å². The molecule has 11 heteroatoms. The Kier molecular flexibility index (Phi) is 7.33. The lowest BCUT2D eigenvalue weighted by Crippen LogP contribution is -2.51. The molecular weight excluding hydrogens is 530 g/mol. The third kappa shape index (κ3) is 5.61. The third-order valence-electron chi connectivity index (χ3n) is 8.01. The maximum absolute atomic E-state index is 12.7. The standard InChI is InChI=1S/C31H33N9O2/c41-30(39-12-14-42-15-13-39)21-37-8-10-38(11-9-37)29-17-26-27(19-32-29)33-22-34-31(26)36-25-6-7-28-24(16-25)18-35-40(28)20-23-4-2-1-3-5-23/h1-7,16-19,22H,8-15,20-21H2,(H,33,34,36). The maximum Gasteiger partial charge on any atom is 0.236 e. The molecule has 5 aromatic rings. The number of piperazine rings is 1. The van der Waals surface area contributed by atoms with Gasteiger partial charge in [-0.15, -0.1) is 0 Å². The van der Waals surface area contributed by atoms with E-state index in [0.717, 1.165) is 71.9 Å². The predicted octanol–water partition coefficient (Wildman–Crippen LogP) is 3.15. The molecule has 11 nitrogen and oxygen atoms in total. The van der Waals surface area contributed by atoms with E-state index < -0.39 is 0 Å². The highest BCUT2D eigenvalue weighted by Gasteiger charge is 2.24. The normalized spacial score (nSPS) is 16.3. The second-order valence-electron chi connectivity index (χ2n) is 10.7. The molecule has 0 saturated carbocycles. The van der Waals surface area contributed by atoms with E-state index >= 15 is 0 Å². The lowest BCUT2D eigenvalue weighted by atomic mass is 10.2. The molecule has 3 aromatic heterocycles. The molecule has 1 N–H and O–H groups in total. The molecule has 2 aromatic carbocycles. The van der Waals surface area contributed by atoms with Crippen LogP contribution in [0, 0.1) is 0 Å². The van der Waals surface area contributed by atoms with Gasteiger partial charge >= 0.3 is 0 Å². The van der Waals surface area contributed by atoms with Gasteiger partial charge in [0.05, 0.1) is 49.7 Å². The number of fused-ring (bicyclic) bond motifs is 2. The molecule has 0 bridgehead atoms. The summed E-state index contributed by atoms with van der Waals surface area (Å²) in [6.07, 6.45) is 5.27. The zero-order chi connectivity index (χ0) is 28.3. The van der Waals surface area contributed by atoms with Crippen LogP contribution < -0.4 is 10.2 Å². The number of carbonyl (C=O) groups excluding carboxylic acids is 1. The van der Waals surface area contributed by atoms with E-state index in [9.17, 15) is 4.79 Å². The summed E-state index contributed by atoms with van der Waals surface area (Å²) in [5, 5.41) is 10.1. The third-order valence-corrected chi connectivity index (χ3v) is 8.01. The van der Waals surface area contributed by atoms with Gasteiger partial charge in [-0.2, -0.15) is 5.10 Å². The zero-order valence-corrected chi connectivity index (χ0v) is 23.4.